The van der Waals surface area contributed by atoms with Gasteiger partial charge in [0.2, 0.25) is 0 Å². The van der Waals surface area contributed by atoms with Crippen LogP contribution in [0.3, 0.4) is 0 Å². The first kappa shape index (κ1) is 10.0. The Morgan fingerprint density at radius 1 is 1.17 bits per heavy atom. The molecule has 1 fully saturated rings. The van der Waals surface area contributed by atoms with E-state index < -0.39 is 0 Å². The van der Waals surface area contributed by atoms with Crippen molar-refractivity contribution in [2.24, 2.45) is 0 Å². The fourth-order valence-electron chi connectivity index (χ4n) is 1.50. The van der Waals surface area contributed by atoms with Gasteiger partial charge in [-0.1, -0.05) is 26.2 Å². The normalized spacial score (nSPS) is 20.5. The maximum atomic E-state index is 2.30. The predicted octanol–water partition coefficient (Wildman–Crippen LogP) is 2.44. The zero-order chi connectivity index (χ0) is 8.81. The van der Waals surface area contributed by atoms with Crippen LogP contribution in [0.5, 0.6) is 0 Å². The van der Waals surface area contributed by atoms with Crippen molar-refractivity contribution in [1.29, 1.82) is 0 Å². The van der Waals surface area contributed by atoms with Crippen LogP contribution in [-0.2, 0) is 0 Å². The molecule has 0 aliphatic carbocycles. The SMILES string of the molecule is CCCCCCN1[CH]C[CH]N1C. The Kier molecular flexibility index (Phi) is 4.62. The summed E-state index contributed by atoms with van der Waals surface area (Å²) in [6, 6.07) is 0. The predicted molar refractivity (Wildman–Crippen MR) is 51.8 cm³/mol. The number of hydrazine groups is 1. The highest BCUT2D eigenvalue weighted by Crippen LogP contribution is 2.16. The van der Waals surface area contributed by atoms with E-state index in [1.165, 1.54) is 32.2 Å². The lowest BCUT2D eigenvalue weighted by atomic mass is 10.2. The van der Waals surface area contributed by atoms with Crippen LogP contribution in [0.4, 0.5) is 0 Å². The van der Waals surface area contributed by atoms with Crippen LogP contribution in [0.1, 0.15) is 39.0 Å². The molecule has 70 valence electrons. The number of hydrogen-bond acceptors (Lipinski definition) is 2. The molecule has 0 N–H and O–H groups in total. The third kappa shape index (κ3) is 3.11. The van der Waals surface area contributed by atoms with Crippen molar-refractivity contribution in [3.05, 3.63) is 13.1 Å². The van der Waals surface area contributed by atoms with E-state index in [9.17, 15) is 0 Å². The van der Waals surface area contributed by atoms with Crippen molar-refractivity contribution < 1.29 is 0 Å². The average Bonchev–Trinajstić information content (AvgIpc) is 2.46. The Morgan fingerprint density at radius 3 is 2.58 bits per heavy atom. The molecule has 12 heavy (non-hydrogen) atoms. The molecule has 0 bridgehead atoms. The van der Waals surface area contributed by atoms with Crippen molar-refractivity contribution >= 4 is 0 Å². The zero-order valence-electron chi connectivity index (χ0n) is 8.29. The van der Waals surface area contributed by atoms with E-state index in [0.717, 1.165) is 6.42 Å². The molecule has 1 saturated heterocycles. The summed E-state index contributed by atoms with van der Waals surface area (Å²) < 4.78 is 0. The molecule has 2 heteroatoms. The molecule has 1 aliphatic rings. The minimum Gasteiger partial charge on any atom is -0.240 e. The molecule has 0 unspecified atom stereocenters. The Hall–Kier alpha value is -0.0800. The first-order valence-corrected chi connectivity index (χ1v) is 5.00. The Bertz CT molecular complexity index is 114. The van der Waals surface area contributed by atoms with Crippen LogP contribution in [-0.4, -0.2) is 23.6 Å². The van der Waals surface area contributed by atoms with E-state index >= 15 is 0 Å². The van der Waals surface area contributed by atoms with Gasteiger partial charge in [-0.3, -0.25) is 0 Å². The van der Waals surface area contributed by atoms with Crippen molar-refractivity contribution in [1.82, 2.24) is 10.0 Å². The minimum atomic E-state index is 1.10. The van der Waals surface area contributed by atoms with Crippen molar-refractivity contribution in [2.75, 3.05) is 13.6 Å². The summed E-state index contributed by atoms with van der Waals surface area (Å²) in [7, 11) is 2.11. The summed E-state index contributed by atoms with van der Waals surface area (Å²) in [4.78, 5) is 0. The van der Waals surface area contributed by atoms with E-state index in [1.54, 1.807) is 0 Å². The summed E-state index contributed by atoms with van der Waals surface area (Å²) in [5.41, 5.74) is 0. The first-order valence-electron chi connectivity index (χ1n) is 5.00. The molecule has 2 nitrogen and oxygen atoms in total. The summed E-state index contributed by atoms with van der Waals surface area (Å²) in [5.74, 6) is 0. The van der Waals surface area contributed by atoms with Gasteiger partial charge in [-0.15, -0.1) is 0 Å². The lowest BCUT2D eigenvalue weighted by molar-refractivity contribution is 0.0973. The standard InChI is InChI=1S/C10H20N2/c1-3-4-5-6-9-12-10-7-8-11(12)2/h8,10H,3-7,9H2,1-2H3. The molecule has 0 aromatic carbocycles. The van der Waals surface area contributed by atoms with Crippen LogP contribution < -0.4 is 0 Å². The first-order chi connectivity index (χ1) is 5.84. The molecule has 0 spiro atoms. The number of rotatable bonds is 5. The van der Waals surface area contributed by atoms with Gasteiger partial charge in [-0.2, -0.15) is 0 Å². The quantitative estimate of drug-likeness (QED) is 0.582. The van der Waals surface area contributed by atoms with Gasteiger partial charge in [0.15, 0.2) is 0 Å². The highest BCUT2D eigenvalue weighted by molar-refractivity contribution is 4.82. The fourth-order valence-corrected chi connectivity index (χ4v) is 1.50. The fraction of sp³-hybridized carbons (Fsp3) is 0.800. The molecule has 1 heterocycles. The van der Waals surface area contributed by atoms with Crippen LogP contribution in [0, 0.1) is 13.1 Å². The van der Waals surface area contributed by atoms with Crippen LogP contribution in [0.25, 0.3) is 0 Å². The molecule has 1 aliphatic heterocycles. The Morgan fingerprint density at radius 2 is 2.00 bits per heavy atom. The Balaban J connectivity index is 1.98. The highest BCUT2D eigenvalue weighted by Gasteiger charge is 2.17. The molecule has 1 rings (SSSR count). The Labute approximate surface area is 76.5 Å². The van der Waals surface area contributed by atoms with Crippen LogP contribution >= 0.6 is 0 Å². The summed E-state index contributed by atoms with van der Waals surface area (Å²) >= 11 is 0. The molecule has 0 saturated carbocycles. The molecule has 0 amide bonds. The molecular weight excluding hydrogens is 148 g/mol. The molecule has 0 atom stereocenters. The molecule has 0 aromatic heterocycles. The van der Waals surface area contributed by atoms with E-state index in [1.807, 2.05) is 0 Å². The smallest absolute Gasteiger partial charge is 0.0432 e. The lowest BCUT2D eigenvalue weighted by Crippen LogP contribution is -2.30. The second-order valence-corrected chi connectivity index (χ2v) is 3.40. The lowest BCUT2D eigenvalue weighted by Gasteiger charge is -2.22. The van der Waals surface area contributed by atoms with E-state index in [2.05, 4.69) is 37.1 Å². The number of unbranched alkanes of at least 4 members (excludes halogenated alkanes) is 3. The maximum absolute atomic E-state index is 2.30. The summed E-state index contributed by atoms with van der Waals surface area (Å²) in [5, 5.41) is 4.49. The highest BCUT2D eigenvalue weighted by atomic mass is 15.6. The van der Waals surface area contributed by atoms with Crippen LogP contribution in [0.15, 0.2) is 0 Å². The second-order valence-electron chi connectivity index (χ2n) is 3.40. The number of nitrogens with zero attached hydrogens (tertiary/aromatic N) is 2. The van der Waals surface area contributed by atoms with Gasteiger partial charge in [0, 0.05) is 26.7 Å². The van der Waals surface area contributed by atoms with Crippen molar-refractivity contribution in [3.63, 3.8) is 0 Å². The third-order valence-corrected chi connectivity index (χ3v) is 2.33. The third-order valence-electron chi connectivity index (χ3n) is 2.33. The van der Waals surface area contributed by atoms with E-state index in [0.29, 0.717) is 0 Å². The van der Waals surface area contributed by atoms with Crippen molar-refractivity contribution in [3.8, 4) is 0 Å². The largest absolute Gasteiger partial charge is 0.240 e. The second kappa shape index (κ2) is 5.55. The van der Waals surface area contributed by atoms with Gasteiger partial charge in [0.1, 0.15) is 0 Å². The van der Waals surface area contributed by atoms with Crippen LogP contribution in [0.2, 0.25) is 0 Å². The maximum Gasteiger partial charge on any atom is 0.0432 e. The van der Waals surface area contributed by atoms with Gasteiger partial charge in [0.25, 0.3) is 0 Å². The van der Waals surface area contributed by atoms with Gasteiger partial charge in [-0.25, -0.2) is 10.0 Å². The van der Waals surface area contributed by atoms with Gasteiger partial charge < -0.3 is 0 Å². The van der Waals surface area contributed by atoms with Gasteiger partial charge in [-0.05, 0) is 12.8 Å². The van der Waals surface area contributed by atoms with E-state index in [4.69, 9.17) is 0 Å². The molecule has 0 aromatic rings. The van der Waals surface area contributed by atoms with E-state index in [-0.39, 0.29) is 0 Å². The van der Waals surface area contributed by atoms with Gasteiger partial charge >= 0.3 is 0 Å². The van der Waals surface area contributed by atoms with Gasteiger partial charge in [0.05, 0.1) is 0 Å². The molecule has 2 radical (unpaired) electrons. The monoisotopic (exact) mass is 168 g/mol. The average molecular weight is 168 g/mol. The zero-order valence-corrected chi connectivity index (χ0v) is 8.29. The number of hydrogen-bond donors (Lipinski definition) is 0. The topological polar surface area (TPSA) is 6.48 Å². The van der Waals surface area contributed by atoms with Crippen molar-refractivity contribution in [2.45, 2.75) is 39.0 Å². The summed E-state index contributed by atoms with van der Waals surface area (Å²) in [6.07, 6.45) is 6.49. The minimum absolute atomic E-state index is 1.10. The molecular formula is C10H20N2. The summed E-state index contributed by atoms with van der Waals surface area (Å²) in [6.45, 7) is 7.90.